The van der Waals surface area contributed by atoms with Crippen LogP contribution in [-0.2, 0) is 9.47 Å². The lowest BCUT2D eigenvalue weighted by Crippen LogP contribution is -2.53. The second-order valence-corrected chi connectivity index (χ2v) is 5.98. The first-order chi connectivity index (χ1) is 8.71. The number of nitrogens with two attached hydrogens (primary N) is 1. The van der Waals surface area contributed by atoms with E-state index in [0.717, 1.165) is 19.4 Å². The van der Waals surface area contributed by atoms with E-state index in [1.807, 2.05) is 0 Å². The van der Waals surface area contributed by atoms with E-state index in [9.17, 15) is 0 Å². The average molecular weight is 256 g/mol. The molecule has 3 unspecified atom stereocenters. The lowest BCUT2D eigenvalue weighted by Gasteiger charge is -2.46. The van der Waals surface area contributed by atoms with Crippen LogP contribution in [0.2, 0.25) is 0 Å². The molecular formula is C14H28N2O2. The number of hydrogen-bond donors (Lipinski definition) is 2. The van der Waals surface area contributed by atoms with Crippen LogP contribution in [0.1, 0.15) is 51.9 Å². The number of methoxy groups -OCH3 is 1. The first-order valence-corrected chi connectivity index (χ1v) is 7.34. The van der Waals surface area contributed by atoms with E-state index in [1.165, 1.54) is 32.1 Å². The van der Waals surface area contributed by atoms with Crippen molar-refractivity contribution in [3.05, 3.63) is 0 Å². The molecule has 106 valence electrons. The largest absolute Gasteiger partial charge is 0.380 e. The van der Waals surface area contributed by atoms with Crippen molar-refractivity contribution in [3.63, 3.8) is 0 Å². The predicted molar refractivity (Wildman–Crippen MR) is 72.1 cm³/mol. The molecule has 1 saturated carbocycles. The van der Waals surface area contributed by atoms with Crippen LogP contribution in [-0.4, -0.2) is 31.5 Å². The summed E-state index contributed by atoms with van der Waals surface area (Å²) < 4.78 is 11.6. The summed E-state index contributed by atoms with van der Waals surface area (Å²) >= 11 is 0. The van der Waals surface area contributed by atoms with Crippen molar-refractivity contribution < 1.29 is 9.47 Å². The van der Waals surface area contributed by atoms with Crippen molar-refractivity contribution >= 4 is 0 Å². The Morgan fingerprint density at radius 1 is 1.33 bits per heavy atom. The van der Waals surface area contributed by atoms with Crippen molar-refractivity contribution in [3.8, 4) is 0 Å². The highest BCUT2D eigenvalue weighted by Crippen LogP contribution is 2.41. The molecule has 0 aromatic rings. The molecule has 1 heterocycles. The SMILES string of the molecule is COC(C)C(NN)C1CCOC2(CCCCC2)C1. The number of hydrogen-bond acceptors (Lipinski definition) is 4. The van der Waals surface area contributed by atoms with Gasteiger partial charge in [0, 0.05) is 19.8 Å². The van der Waals surface area contributed by atoms with Crippen LogP contribution in [0.3, 0.4) is 0 Å². The first kappa shape index (κ1) is 14.3. The molecule has 3 N–H and O–H groups in total. The Balaban J connectivity index is 2.00. The standard InChI is InChI=1S/C14H28N2O2/c1-11(17-2)13(16-15)12-6-9-18-14(10-12)7-4-3-5-8-14/h11-13,16H,3-10,15H2,1-2H3. The highest BCUT2D eigenvalue weighted by molar-refractivity contribution is 4.94. The molecule has 18 heavy (non-hydrogen) atoms. The molecule has 1 spiro atoms. The molecule has 0 aromatic heterocycles. The van der Waals surface area contributed by atoms with Crippen LogP contribution >= 0.6 is 0 Å². The molecule has 3 atom stereocenters. The highest BCUT2D eigenvalue weighted by Gasteiger charge is 2.41. The zero-order valence-electron chi connectivity index (χ0n) is 11.8. The van der Waals surface area contributed by atoms with Crippen molar-refractivity contribution in [1.29, 1.82) is 0 Å². The summed E-state index contributed by atoms with van der Waals surface area (Å²) in [5, 5.41) is 0. The summed E-state index contributed by atoms with van der Waals surface area (Å²) in [4.78, 5) is 0. The maximum Gasteiger partial charge on any atom is 0.0712 e. The van der Waals surface area contributed by atoms with Gasteiger partial charge >= 0.3 is 0 Å². The number of nitrogens with one attached hydrogen (secondary N) is 1. The van der Waals surface area contributed by atoms with Gasteiger partial charge in [0.1, 0.15) is 0 Å². The summed E-state index contributed by atoms with van der Waals surface area (Å²) in [6.07, 6.45) is 8.81. The van der Waals surface area contributed by atoms with Gasteiger partial charge in [-0.1, -0.05) is 19.3 Å². The van der Waals surface area contributed by atoms with Gasteiger partial charge in [0.25, 0.3) is 0 Å². The molecule has 0 radical (unpaired) electrons. The molecule has 0 bridgehead atoms. The summed E-state index contributed by atoms with van der Waals surface area (Å²) in [5.41, 5.74) is 3.11. The number of hydrazine groups is 1. The van der Waals surface area contributed by atoms with Gasteiger partial charge in [-0.3, -0.25) is 11.3 Å². The second kappa shape index (κ2) is 6.33. The quantitative estimate of drug-likeness (QED) is 0.596. The van der Waals surface area contributed by atoms with Crippen molar-refractivity contribution in [2.45, 2.75) is 69.6 Å². The molecule has 2 fully saturated rings. The van der Waals surface area contributed by atoms with Crippen LogP contribution in [0.5, 0.6) is 0 Å². The lowest BCUT2D eigenvalue weighted by molar-refractivity contribution is -0.127. The molecule has 4 nitrogen and oxygen atoms in total. The molecule has 1 saturated heterocycles. The van der Waals surface area contributed by atoms with E-state index in [-0.39, 0.29) is 17.7 Å². The molecule has 4 heteroatoms. The Kier molecular flexibility index (Phi) is 5.01. The number of ether oxygens (including phenoxy) is 2. The van der Waals surface area contributed by atoms with Gasteiger partial charge in [-0.05, 0) is 38.5 Å². The predicted octanol–water partition coefficient (Wildman–Crippen LogP) is 1.98. The van der Waals surface area contributed by atoms with E-state index < -0.39 is 0 Å². The second-order valence-electron chi connectivity index (χ2n) is 5.98. The fraction of sp³-hybridized carbons (Fsp3) is 1.00. The Labute approximate surface area is 111 Å². The summed E-state index contributed by atoms with van der Waals surface area (Å²) in [5.74, 6) is 6.29. The third-order valence-corrected chi connectivity index (χ3v) is 4.87. The van der Waals surface area contributed by atoms with Crippen molar-refractivity contribution in [2.75, 3.05) is 13.7 Å². The van der Waals surface area contributed by atoms with Crippen LogP contribution in [0, 0.1) is 5.92 Å². The Hall–Kier alpha value is -0.160. The number of rotatable bonds is 4. The van der Waals surface area contributed by atoms with Crippen LogP contribution in [0.4, 0.5) is 0 Å². The zero-order chi connectivity index (χ0) is 13.0. The van der Waals surface area contributed by atoms with Gasteiger partial charge in [0.15, 0.2) is 0 Å². The van der Waals surface area contributed by atoms with Gasteiger partial charge in [-0.15, -0.1) is 0 Å². The summed E-state index contributed by atoms with van der Waals surface area (Å²) in [7, 11) is 1.75. The Morgan fingerprint density at radius 2 is 2.06 bits per heavy atom. The van der Waals surface area contributed by atoms with Gasteiger partial charge in [-0.25, -0.2) is 0 Å². The van der Waals surface area contributed by atoms with Gasteiger partial charge in [-0.2, -0.15) is 0 Å². The van der Waals surface area contributed by atoms with Gasteiger partial charge in [0.05, 0.1) is 11.7 Å². The monoisotopic (exact) mass is 256 g/mol. The van der Waals surface area contributed by atoms with Crippen LogP contribution in [0.15, 0.2) is 0 Å². The van der Waals surface area contributed by atoms with E-state index in [1.54, 1.807) is 7.11 Å². The Morgan fingerprint density at radius 3 is 2.67 bits per heavy atom. The van der Waals surface area contributed by atoms with Crippen LogP contribution in [0.25, 0.3) is 0 Å². The van der Waals surface area contributed by atoms with E-state index in [2.05, 4.69) is 12.3 Å². The first-order valence-electron chi connectivity index (χ1n) is 7.34. The maximum absolute atomic E-state index is 6.14. The molecule has 1 aliphatic heterocycles. The molecule has 2 aliphatic rings. The normalized spacial score (nSPS) is 31.2. The smallest absolute Gasteiger partial charge is 0.0712 e. The summed E-state index contributed by atoms with van der Waals surface area (Å²) in [6.45, 7) is 2.97. The molecule has 1 aliphatic carbocycles. The summed E-state index contributed by atoms with van der Waals surface area (Å²) in [6, 6.07) is 0.234. The van der Waals surface area contributed by atoms with Crippen molar-refractivity contribution in [2.24, 2.45) is 11.8 Å². The zero-order valence-corrected chi connectivity index (χ0v) is 11.8. The van der Waals surface area contributed by atoms with Gasteiger partial charge in [0.2, 0.25) is 0 Å². The molecular weight excluding hydrogens is 228 g/mol. The minimum Gasteiger partial charge on any atom is -0.380 e. The topological polar surface area (TPSA) is 56.5 Å². The van der Waals surface area contributed by atoms with Gasteiger partial charge < -0.3 is 9.47 Å². The molecule has 0 aromatic carbocycles. The molecule has 2 rings (SSSR count). The third kappa shape index (κ3) is 3.05. The molecule has 0 amide bonds. The van der Waals surface area contributed by atoms with E-state index in [4.69, 9.17) is 15.3 Å². The van der Waals surface area contributed by atoms with E-state index in [0.29, 0.717) is 5.92 Å². The van der Waals surface area contributed by atoms with Crippen molar-refractivity contribution in [1.82, 2.24) is 5.43 Å². The minimum absolute atomic E-state index is 0.143. The highest BCUT2D eigenvalue weighted by atomic mass is 16.5. The average Bonchev–Trinajstić information content (AvgIpc) is 2.40. The lowest BCUT2D eigenvalue weighted by atomic mass is 9.73. The Bertz CT molecular complexity index is 249. The van der Waals surface area contributed by atoms with E-state index >= 15 is 0 Å². The maximum atomic E-state index is 6.14. The fourth-order valence-corrected chi connectivity index (χ4v) is 3.72. The third-order valence-electron chi connectivity index (χ3n) is 4.87. The minimum atomic E-state index is 0.143. The fourth-order valence-electron chi connectivity index (χ4n) is 3.72. The van der Waals surface area contributed by atoms with Crippen LogP contribution < -0.4 is 11.3 Å².